The summed E-state index contributed by atoms with van der Waals surface area (Å²) in [6, 6.07) is 0. The number of Topliss-reactive ketones (excluding diaryl/α,β-unsaturated/α-hetero) is 1. The van der Waals surface area contributed by atoms with Crippen LogP contribution in [-0.2, 0) is 33.3 Å². The number of esters is 2. The second kappa shape index (κ2) is 9.85. The van der Waals surface area contributed by atoms with Gasteiger partial charge in [-0.05, 0) is 27.2 Å². The van der Waals surface area contributed by atoms with Gasteiger partial charge in [-0.25, -0.2) is 9.59 Å². The van der Waals surface area contributed by atoms with E-state index in [1.807, 2.05) is 0 Å². The monoisotopic (exact) mass is 424 g/mol. The van der Waals surface area contributed by atoms with Crippen molar-refractivity contribution in [2.24, 2.45) is 11.8 Å². The van der Waals surface area contributed by atoms with Crippen LogP contribution in [0.2, 0.25) is 0 Å². The molecule has 2 aliphatic rings. The Labute approximate surface area is 177 Å². The predicted octanol–water partition coefficient (Wildman–Crippen LogP) is 1.74. The van der Waals surface area contributed by atoms with Gasteiger partial charge in [0.2, 0.25) is 0 Å². The van der Waals surface area contributed by atoms with E-state index in [0.29, 0.717) is 5.57 Å². The summed E-state index contributed by atoms with van der Waals surface area (Å²) in [4.78, 5) is 37.7. The van der Waals surface area contributed by atoms with Gasteiger partial charge >= 0.3 is 11.9 Å². The van der Waals surface area contributed by atoms with Crippen LogP contribution in [0.5, 0.6) is 0 Å². The van der Waals surface area contributed by atoms with Crippen LogP contribution in [0, 0.1) is 11.8 Å². The highest BCUT2D eigenvalue weighted by molar-refractivity contribution is 5.92. The number of methoxy groups -OCH3 is 2. The molecule has 2 rings (SSSR count). The average molecular weight is 424 g/mol. The molecule has 0 amide bonds. The van der Waals surface area contributed by atoms with Crippen molar-refractivity contribution in [2.75, 3.05) is 20.8 Å². The molecule has 168 valence electrons. The minimum absolute atomic E-state index is 0.00685. The molecule has 1 saturated carbocycles. The minimum Gasteiger partial charge on any atom is -0.458 e. The van der Waals surface area contributed by atoms with E-state index in [2.05, 4.69) is 6.58 Å². The van der Waals surface area contributed by atoms with Gasteiger partial charge in [0, 0.05) is 44.1 Å². The molecular formula is C22H32O8. The van der Waals surface area contributed by atoms with Crippen molar-refractivity contribution in [3.05, 3.63) is 23.8 Å². The molecular weight excluding hydrogens is 392 g/mol. The number of hydrogen-bond acceptors (Lipinski definition) is 8. The van der Waals surface area contributed by atoms with E-state index in [9.17, 15) is 19.5 Å². The van der Waals surface area contributed by atoms with Gasteiger partial charge < -0.3 is 24.1 Å². The standard InChI is InChI=1S/C22H32O8/c1-7-12(2)20(25)30-17-10-22(4,28-6)18(27-5)9-15(24)14(11-23)8-16-19(17)13(3)21(26)29-16/h7,14,16-19,23H,3,8-11H2,1-2,4-6H3/b12-7+. The number of hydrogen-bond donors (Lipinski definition) is 1. The third kappa shape index (κ3) is 4.82. The molecule has 8 heteroatoms. The maximum Gasteiger partial charge on any atom is 0.334 e. The van der Waals surface area contributed by atoms with Crippen LogP contribution < -0.4 is 0 Å². The predicted molar refractivity (Wildman–Crippen MR) is 107 cm³/mol. The van der Waals surface area contributed by atoms with E-state index >= 15 is 0 Å². The van der Waals surface area contributed by atoms with Crippen molar-refractivity contribution >= 4 is 17.7 Å². The maximum atomic E-state index is 12.8. The van der Waals surface area contributed by atoms with Crippen molar-refractivity contribution in [3.8, 4) is 0 Å². The Morgan fingerprint density at radius 3 is 2.57 bits per heavy atom. The van der Waals surface area contributed by atoms with Crippen molar-refractivity contribution < 1.29 is 38.4 Å². The van der Waals surface area contributed by atoms with Crippen LogP contribution >= 0.6 is 0 Å². The number of allylic oxidation sites excluding steroid dienone is 1. The summed E-state index contributed by atoms with van der Waals surface area (Å²) >= 11 is 0. The van der Waals surface area contributed by atoms with Crippen molar-refractivity contribution in [1.29, 1.82) is 0 Å². The van der Waals surface area contributed by atoms with Crippen LogP contribution in [0.1, 0.15) is 40.0 Å². The number of aliphatic hydroxyl groups is 1. The van der Waals surface area contributed by atoms with Crippen LogP contribution in [-0.4, -0.2) is 67.6 Å². The average Bonchev–Trinajstić information content (AvgIpc) is 3.01. The Kier molecular flexibility index (Phi) is 7.96. The number of fused-ring (bicyclic) bond motifs is 1. The smallest absolute Gasteiger partial charge is 0.334 e. The quantitative estimate of drug-likeness (QED) is 0.525. The molecule has 2 fully saturated rings. The summed E-state index contributed by atoms with van der Waals surface area (Å²) in [5.41, 5.74) is -0.411. The Balaban J connectivity index is 2.55. The lowest BCUT2D eigenvalue weighted by molar-refractivity contribution is -0.168. The zero-order chi connectivity index (χ0) is 22.6. The van der Waals surface area contributed by atoms with E-state index < -0.39 is 54.3 Å². The first-order chi connectivity index (χ1) is 14.1. The van der Waals surface area contributed by atoms with E-state index in [0.717, 1.165) is 0 Å². The number of ketones is 1. The SMILES string of the molecule is C=C1C(=O)OC2CC(CO)C(=O)CC(OC)C(C)(OC)CC(OC(=O)/C(C)=C/C)C12. The third-order valence-electron chi connectivity index (χ3n) is 6.36. The van der Waals surface area contributed by atoms with Gasteiger partial charge in [-0.3, -0.25) is 4.79 Å². The van der Waals surface area contributed by atoms with E-state index in [4.69, 9.17) is 18.9 Å². The lowest BCUT2D eigenvalue weighted by Gasteiger charge is -2.41. The molecule has 8 nitrogen and oxygen atoms in total. The van der Waals surface area contributed by atoms with Crippen LogP contribution in [0.25, 0.3) is 0 Å². The molecule has 1 aliphatic heterocycles. The van der Waals surface area contributed by atoms with Gasteiger partial charge in [0.25, 0.3) is 0 Å². The second-order valence-corrected chi connectivity index (χ2v) is 8.14. The first-order valence-electron chi connectivity index (χ1n) is 10.1. The number of carbonyl (C=O) groups is 3. The molecule has 1 saturated heterocycles. The first kappa shape index (κ1) is 24.2. The van der Waals surface area contributed by atoms with Gasteiger partial charge in [0.1, 0.15) is 18.0 Å². The molecule has 6 unspecified atom stereocenters. The largest absolute Gasteiger partial charge is 0.458 e. The molecule has 0 spiro atoms. The fourth-order valence-corrected chi connectivity index (χ4v) is 4.13. The van der Waals surface area contributed by atoms with E-state index in [1.165, 1.54) is 14.2 Å². The number of ether oxygens (including phenoxy) is 4. The van der Waals surface area contributed by atoms with E-state index in [-0.39, 0.29) is 30.6 Å². The number of rotatable bonds is 5. The van der Waals surface area contributed by atoms with Gasteiger partial charge in [-0.2, -0.15) is 0 Å². The molecule has 6 atom stereocenters. The Hall–Kier alpha value is -2.03. The number of aliphatic hydroxyl groups excluding tert-OH is 1. The molecule has 0 aromatic carbocycles. The normalized spacial score (nSPS) is 35.6. The summed E-state index contributed by atoms with van der Waals surface area (Å²) in [7, 11) is 2.97. The lowest BCUT2D eigenvalue weighted by atomic mass is 9.76. The summed E-state index contributed by atoms with van der Waals surface area (Å²) in [5, 5.41) is 9.81. The molecule has 0 aromatic rings. The highest BCUT2D eigenvalue weighted by atomic mass is 16.6. The Morgan fingerprint density at radius 2 is 2.03 bits per heavy atom. The van der Waals surface area contributed by atoms with Crippen LogP contribution in [0.3, 0.4) is 0 Å². The highest BCUT2D eigenvalue weighted by Crippen LogP contribution is 2.41. The molecule has 0 bridgehead atoms. The van der Waals surface area contributed by atoms with Gasteiger partial charge in [0.05, 0.1) is 24.2 Å². The minimum atomic E-state index is -1.01. The van der Waals surface area contributed by atoms with Crippen molar-refractivity contribution in [1.82, 2.24) is 0 Å². The first-order valence-corrected chi connectivity index (χ1v) is 10.1. The zero-order valence-corrected chi connectivity index (χ0v) is 18.3. The summed E-state index contributed by atoms with van der Waals surface area (Å²) in [6.45, 7) is 8.59. The molecule has 1 N–H and O–H groups in total. The van der Waals surface area contributed by atoms with Gasteiger partial charge in [-0.15, -0.1) is 0 Å². The van der Waals surface area contributed by atoms with Crippen molar-refractivity contribution in [2.45, 2.75) is 63.9 Å². The lowest BCUT2D eigenvalue weighted by Crippen LogP contribution is -2.51. The Bertz CT molecular complexity index is 727. The summed E-state index contributed by atoms with van der Waals surface area (Å²) in [5.74, 6) is -2.74. The molecule has 0 aromatic heterocycles. The molecule has 30 heavy (non-hydrogen) atoms. The van der Waals surface area contributed by atoms with Gasteiger partial charge in [-0.1, -0.05) is 12.7 Å². The Morgan fingerprint density at radius 1 is 1.37 bits per heavy atom. The van der Waals surface area contributed by atoms with Crippen molar-refractivity contribution in [3.63, 3.8) is 0 Å². The highest BCUT2D eigenvalue weighted by Gasteiger charge is 2.51. The zero-order valence-electron chi connectivity index (χ0n) is 18.3. The molecule has 1 aliphatic carbocycles. The summed E-state index contributed by atoms with van der Waals surface area (Å²) < 4.78 is 22.6. The van der Waals surface area contributed by atoms with Crippen LogP contribution in [0.15, 0.2) is 23.8 Å². The summed E-state index contributed by atoms with van der Waals surface area (Å²) in [6.07, 6.45) is -0.260. The van der Waals surface area contributed by atoms with Crippen LogP contribution in [0.4, 0.5) is 0 Å². The number of carbonyl (C=O) groups excluding carboxylic acids is 3. The van der Waals surface area contributed by atoms with Gasteiger partial charge in [0.15, 0.2) is 0 Å². The second-order valence-electron chi connectivity index (χ2n) is 8.14. The maximum absolute atomic E-state index is 12.8. The van der Waals surface area contributed by atoms with E-state index in [1.54, 1.807) is 26.8 Å². The topological polar surface area (TPSA) is 108 Å². The molecule has 0 radical (unpaired) electrons. The fourth-order valence-electron chi connectivity index (χ4n) is 4.13. The third-order valence-corrected chi connectivity index (χ3v) is 6.36. The fraction of sp³-hybridized carbons (Fsp3) is 0.682. The molecule has 1 heterocycles.